The van der Waals surface area contributed by atoms with Gasteiger partial charge in [-0.3, -0.25) is 9.59 Å². The highest BCUT2D eigenvalue weighted by Crippen LogP contribution is 2.13. The lowest BCUT2D eigenvalue weighted by Gasteiger charge is -2.35. The minimum Gasteiger partial charge on any atom is -0.355 e. The predicted molar refractivity (Wildman–Crippen MR) is 106 cm³/mol. The molecule has 142 valence electrons. The maximum absolute atomic E-state index is 12.3. The molecule has 3 rings (SSSR count). The molecule has 2 aromatic rings. The second-order valence-corrected chi connectivity index (χ2v) is 6.90. The van der Waals surface area contributed by atoms with Crippen molar-refractivity contribution in [3.63, 3.8) is 0 Å². The molecule has 0 atom stereocenters. The van der Waals surface area contributed by atoms with Gasteiger partial charge >= 0.3 is 0 Å². The van der Waals surface area contributed by atoms with Crippen molar-refractivity contribution in [1.82, 2.24) is 15.2 Å². The van der Waals surface area contributed by atoms with Crippen LogP contribution in [0.15, 0.2) is 48.7 Å². The fourth-order valence-corrected chi connectivity index (χ4v) is 3.16. The van der Waals surface area contributed by atoms with Crippen molar-refractivity contribution in [3.05, 3.63) is 59.2 Å². The van der Waals surface area contributed by atoms with Gasteiger partial charge in [0.2, 0.25) is 11.8 Å². The number of nitrogens with zero attached hydrogens (tertiary/aromatic N) is 3. The van der Waals surface area contributed by atoms with Gasteiger partial charge in [-0.1, -0.05) is 29.8 Å². The lowest BCUT2D eigenvalue weighted by atomic mass is 10.1. The number of rotatable bonds is 6. The Morgan fingerprint density at radius 1 is 1.04 bits per heavy atom. The van der Waals surface area contributed by atoms with Crippen LogP contribution >= 0.6 is 11.6 Å². The van der Waals surface area contributed by atoms with E-state index in [4.69, 9.17) is 11.6 Å². The zero-order chi connectivity index (χ0) is 19.1. The molecule has 0 radical (unpaired) electrons. The van der Waals surface area contributed by atoms with E-state index in [1.165, 1.54) is 0 Å². The van der Waals surface area contributed by atoms with Crippen molar-refractivity contribution >= 4 is 29.2 Å². The molecular formula is C20H23ClN4O2. The van der Waals surface area contributed by atoms with E-state index in [0.717, 1.165) is 24.5 Å². The van der Waals surface area contributed by atoms with Crippen molar-refractivity contribution in [3.8, 4) is 0 Å². The number of nitrogens with one attached hydrogen (secondary N) is 1. The summed E-state index contributed by atoms with van der Waals surface area (Å²) in [5.74, 6) is 0.560. The summed E-state index contributed by atoms with van der Waals surface area (Å²) in [6, 6.07) is 13.3. The fourth-order valence-electron chi connectivity index (χ4n) is 3.03. The summed E-state index contributed by atoms with van der Waals surface area (Å²) in [5.41, 5.74) is 1.09. The largest absolute Gasteiger partial charge is 0.355 e. The molecule has 0 bridgehead atoms. The molecule has 1 N–H and O–H groups in total. The van der Waals surface area contributed by atoms with Gasteiger partial charge in [0.25, 0.3) is 0 Å². The Labute approximate surface area is 164 Å². The van der Waals surface area contributed by atoms with Crippen LogP contribution in [0.1, 0.15) is 12.0 Å². The van der Waals surface area contributed by atoms with Crippen LogP contribution in [0, 0.1) is 0 Å². The monoisotopic (exact) mass is 386 g/mol. The molecule has 0 saturated carbocycles. The summed E-state index contributed by atoms with van der Waals surface area (Å²) in [7, 11) is 0. The van der Waals surface area contributed by atoms with E-state index in [0.29, 0.717) is 31.1 Å². The number of anilines is 1. The average molecular weight is 387 g/mol. The number of hydrogen-bond acceptors (Lipinski definition) is 4. The quantitative estimate of drug-likeness (QED) is 0.772. The Balaban J connectivity index is 1.37. The number of carbonyl (C=O) groups is 2. The number of piperazine rings is 1. The molecule has 0 spiro atoms. The second kappa shape index (κ2) is 9.37. The van der Waals surface area contributed by atoms with E-state index >= 15 is 0 Å². The molecule has 1 fully saturated rings. The average Bonchev–Trinajstić information content (AvgIpc) is 2.70. The Bertz CT molecular complexity index is 759. The number of halogens is 1. The van der Waals surface area contributed by atoms with Crippen molar-refractivity contribution in [2.75, 3.05) is 37.6 Å². The number of hydrogen-bond donors (Lipinski definition) is 1. The highest BCUT2D eigenvalue weighted by Gasteiger charge is 2.23. The van der Waals surface area contributed by atoms with E-state index in [9.17, 15) is 9.59 Å². The van der Waals surface area contributed by atoms with Gasteiger partial charge in [-0.2, -0.15) is 0 Å². The van der Waals surface area contributed by atoms with Crippen LogP contribution in [-0.4, -0.2) is 54.4 Å². The van der Waals surface area contributed by atoms with Crippen molar-refractivity contribution in [2.45, 2.75) is 12.8 Å². The number of benzene rings is 1. The molecule has 1 aliphatic heterocycles. The molecular weight excluding hydrogens is 364 g/mol. The van der Waals surface area contributed by atoms with Crippen LogP contribution in [-0.2, 0) is 16.0 Å². The van der Waals surface area contributed by atoms with Crippen molar-refractivity contribution in [2.24, 2.45) is 0 Å². The van der Waals surface area contributed by atoms with E-state index in [-0.39, 0.29) is 18.2 Å². The predicted octanol–water partition coefficient (Wildman–Crippen LogP) is 2.13. The maximum atomic E-state index is 12.3. The summed E-state index contributed by atoms with van der Waals surface area (Å²) in [6.07, 6.45) is 2.37. The van der Waals surface area contributed by atoms with Crippen molar-refractivity contribution < 1.29 is 9.59 Å². The van der Waals surface area contributed by atoms with Gasteiger partial charge in [-0.05, 0) is 36.2 Å². The van der Waals surface area contributed by atoms with Crippen molar-refractivity contribution in [1.29, 1.82) is 0 Å². The van der Waals surface area contributed by atoms with Crippen LogP contribution in [0.3, 0.4) is 0 Å². The standard InChI is InChI=1S/C20H23ClN4O2/c21-17-6-4-16(5-7-17)8-10-23-19(26)15-20(27)25-13-11-24(12-14-25)18-3-1-2-9-22-18/h1-7,9H,8,10-15H2,(H,23,26). The topological polar surface area (TPSA) is 65.5 Å². The molecule has 6 nitrogen and oxygen atoms in total. The van der Waals surface area contributed by atoms with E-state index in [2.05, 4.69) is 15.2 Å². The molecule has 1 aromatic carbocycles. The fraction of sp³-hybridized carbons (Fsp3) is 0.350. The molecule has 2 heterocycles. The summed E-state index contributed by atoms with van der Waals surface area (Å²) in [4.78, 5) is 32.6. The van der Waals surface area contributed by atoms with Gasteiger partial charge in [0.05, 0.1) is 0 Å². The van der Waals surface area contributed by atoms with E-state index < -0.39 is 0 Å². The lowest BCUT2D eigenvalue weighted by molar-refractivity contribution is -0.136. The van der Waals surface area contributed by atoms with Crippen LogP contribution in [0.2, 0.25) is 5.02 Å². The number of amides is 2. The minimum atomic E-state index is -0.235. The first kappa shape index (κ1) is 19.2. The molecule has 0 unspecified atom stereocenters. The first-order valence-corrected chi connectivity index (χ1v) is 9.44. The number of pyridine rings is 1. The van der Waals surface area contributed by atoms with Gasteiger partial charge < -0.3 is 15.1 Å². The Morgan fingerprint density at radius 2 is 1.78 bits per heavy atom. The molecule has 1 saturated heterocycles. The van der Waals surface area contributed by atoms with E-state index in [1.54, 1.807) is 11.1 Å². The Hall–Kier alpha value is -2.60. The Morgan fingerprint density at radius 3 is 2.44 bits per heavy atom. The first-order chi connectivity index (χ1) is 13.1. The molecule has 1 aliphatic rings. The van der Waals surface area contributed by atoms with Gasteiger partial charge in [-0.15, -0.1) is 0 Å². The van der Waals surface area contributed by atoms with Gasteiger partial charge in [0, 0.05) is 43.9 Å². The molecule has 2 amide bonds. The third kappa shape index (κ3) is 5.69. The maximum Gasteiger partial charge on any atom is 0.232 e. The third-order valence-corrected chi connectivity index (χ3v) is 4.82. The third-order valence-electron chi connectivity index (χ3n) is 4.57. The first-order valence-electron chi connectivity index (χ1n) is 9.07. The van der Waals surface area contributed by atoms with Crippen LogP contribution < -0.4 is 10.2 Å². The SMILES string of the molecule is O=C(CC(=O)N1CCN(c2ccccn2)CC1)NCCc1ccc(Cl)cc1. The summed E-state index contributed by atoms with van der Waals surface area (Å²) >= 11 is 5.85. The smallest absolute Gasteiger partial charge is 0.232 e. The van der Waals surface area contributed by atoms with Gasteiger partial charge in [-0.25, -0.2) is 4.98 Å². The highest BCUT2D eigenvalue weighted by atomic mass is 35.5. The normalized spacial score (nSPS) is 14.1. The molecule has 7 heteroatoms. The van der Waals surface area contributed by atoms with Gasteiger partial charge in [0.1, 0.15) is 12.2 Å². The van der Waals surface area contributed by atoms with Crippen LogP contribution in [0.5, 0.6) is 0 Å². The molecule has 1 aromatic heterocycles. The number of carbonyl (C=O) groups excluding carboxylic acids is 2. The van der Waals surface area contributed by atoms with Crippen LogP contribution in [0.25, 0.3) is 0 Å². The molecule has 0 aliphatic carbocycles. The minimum absolute atomic E-state index is 0.107. The number of aromatic nitrogens is 1. The molecule has 27 heavy (non-hydrogen) atoms. The Kier molecular flexibility index (Phi) is 6.65. The summed E-state index contributed by atoms with van der Waals surface area (Å²) in [6.45, 7) is 3.16. The summed E-state index contributed by atoms with van der Waals surface area (Å²) in [5, 5.41) is 3.50. The lowest BCUT2D eigenvalue weighted by Crippen LogP contribution is -2.49. The van der Waals surface area contributed by atoms with Crippen LogP contribution in [0.4, 0.5) is 5.82 Å². The van der Waals surface area contributed by atoms with Gasteiger partial charge in [0.15, 0.2) is 0 Å². The zero-order valence-corrected chi connectivity index (χ0v) is 15.9. The zero-order valence-electron chi connectivity index (χ0n) is 15.1. The van der Waals surface area contributed by atoms with E-state index in [1.807, 2.05) is 42.5 Å². The highest BCUT2D eigenvalue weighted by molar-refractivity contribution is 6.30. The summed E-state index contributed by atoms with van der Waals surface area (Å²) < 4.78 is 0. The second-order valence-electron chi connectivity index (χ2n) is 6.46.